The molecule has 5 atom stereocenters. The molecule has 5 heteroatoms. The second-order valence-corrected chi connectivity index (χ2v) is 20.3. The monoisotopic (exact) mass is 847 g/mol. The number of carbonyl (C=O) groups excluding carboxylic acids is 2. The summed E-state index contributed by atoms with van der Waals surface area (Å²) in [5.41, 5.74) is 0.826. The van der Waals surface area contributed by atoms with Crippen LogP contribution in [-0.4, -0.2) is 36.4 Å². The van der Waals surface area contributed by atoms with E-state index in [4.69, 9.17) is 9.47 Å². The summed E-state index contributed by atoms with van der Waals surface area (Å²) in [6, 6.07) is 0. The largest absolute Gasteiger partial charge is 0.465 e. The lowest BCUT2D eigenvalue weighted by molar-refractivity contribution is -0.193. The summed E-state index contributed by atoms with van der Waals surface area (Å²) in [5.74, 6) is 0.513. The molecule has 348 valence electrons. The average Bonchev–Trinajstić information content (AvgIpc) is 3.38. The third kappa shape index (κ3) is 19.5. The fourth-order valence-corrected chi connectivity index (χ4v) is 11.4. The molecule has 2 saturated carbocycles. The lowest BCUT2D eigenvalue weighted by Crippen LogP contribution is -2.60. The first-order valence-corrected chi connectivity index (χ1v) is 25.9. The van der Waals surface area contributed by atoms with Gasteiger partial charge in [0, 0.05) is 18.3 Å². The van der Waals surface area contributed by atoms with Crippen LogP contribution in [-0.2, 0) is 19.1 Å². The zero-order chi connectivity index (χ0) is 44.1. The van der Waals surface area contributed by atoms with Gasteiger partial charge in [0.15, 0.2) is 0 Å². The lowest BCUT2D eigenvalue weighted by atomic mass is 9.42. The standard InChI is InChI=1S/C56H94O5/c1-6-8-10-12-14-16-18-20-22-24-26-28-30-32-34-37-52(58)60-46-48-39-40-50-55(5)43-36-42-54(3,4)49(55)41-44-56(50,51(57)45-48)47-61-53(59)38-35-33-31-29-27-25-23-21-19-17-15-13-11-9-7-2/h14-17,20-23,39,49-51,57H,6-13,18-19,24-38,40-47H2,1-5H3/b16-14-,17-15-,22-20-,23-21-. The summed E-state index contributed by atoms with van der Waals surface area (Å²) in [7, 11) is 0. The zero-order valence-electron chi connectivity index (χ0n) is 40.3. The van der Waals surface area contributed by atoms with E-state index >= 15 is 0 Å². The second kappa shape index (κ2) is 30.6. The van der Waals surface area contributed by atoms with Crippen LogP contribution in [0, 0.1) is 28.1 Å². The minimum atomic E-state index is -0.640. The molecule has 0 bridgehead atoms. The average molecular weight is 847 g/mol. The number of ether oxygens (including phenoxy) is 2. The highest BCUT2D eigenvalue weighted by molar-refractivity contribution is 5.69. The molecule has 2 fully saturated rings. The van der Waals surface area contributed by atoms with Gasteiger partial charge in [-0.1, -0.05) is 160 Å². The van der Waals surface area contributed by atoms with Crippen molar-refractivity contribution in [2.75, 3.05) is 13.2 Å². The van der Waals surface area contributed by atoms with Crippen molar-refractivity contribution in [1.29, 1.82) is 0 Å². The van der Waals surface area contributed by atoms with E-state index in [1.54, 1.807) is 0 Å². The van der Waals surface area contributed by atoms with Crippen LogP contribution >= 0.6 is 0 Å². The second-order valence-electron chi connectivity index (χ2n) is 20.3. The number of rotatable bonds is 32. The van der Waals surface area contributed by atoms with Crippen molar-refractivity contribution in [3.63, 3.8) is 0 Å². The van der Waals surface area contributed by atoms with Crippen molar-refractivity contribution < 1.29 is 24.2 Å². The topological polar surface area (TPSA) is 72.8 Å². The fraction of sp³-hybridized carbons (Fsp3) is 0.786. The SMILES string of the molecule is CCCCC/C=C\C/C=C\CCCCCCCC(=O)OCC1=CCC2C3(C)CCCC(C)(C)C3CCC2(COC(=O)CCCCCCC/C=C\C/C=C\CCCCC)C(O)C1. The maximum Gasteiger partial charge on any atom is 0.306 e. The molecule has 0 radical (unpaired) electrons. The van der Waals surface area contributed by atoms with Crippen LogP contribution in [0.3, 0.4) is 0 Å². The normalized spacial score (nSPS) is 25.2. The van der Waals surface area contributed by atoms with Gasteiger partial charge in [0.05, 0.1) is 12.7 Å². The Morgan fingerprint density at radius 3 is 1.66 bits per heavy atom. The number of hydrogen-bond donors (Lipinski definition) is 1. The van der Waals surface area contributed by atoms with Crippen LogP contribution in [0.2, 0.25) is 0 Å². The highest BCUT2D eigenvalue weighted by Gasteiger charge is 2.62. The summed E-state index contributed by atoms with van der Waals surface area (Å²) >= 11 is 0. The Hall–Kier alpha value is -2.40. The molecule has 61 heavy (non-hydrogen) atoms. The lowest BCUT2D eigenvalue weighted by Gasteiger charge is -2.63. The van der Waals surface area contributed by atoms with Crippen molar-refractivity contribution in [3.8, 4) is 0 Å². The Balaban J connectivity index is 1.40. The van der Waals surface area contributed by atoms with E-state index in [1.165, 1.54) is 89.9 Å². The molecule has 0 aromatic heterocycles. The van der Waals surface area contributed by atoms with Crippen molar-refractivity contribution in [3.05, 3.63) is 60.3 Å². The van der Waals surface area contributed by atoms with E-state index in [-0.39, 0.29) is 41.9 Å². The molecular formula is C56H94O5. The van der Waals surface area contributed by atoms with Gasteiger partial charge < -0.3 is 14.6 Å². The molecule has 3 aliphatic carbocycles. The number of hydrogen-bond acceptors (Lipinski definition) is 5. The van der Waals surface area contributed by atoms with Crippen LogP contribution in [0.1, 0.15) is 234 Å². The van der Waals surface area contributed by atoms with E-state index in [2.05, 4.69) is 89.3 Å². The summed E-state index contributed by atoms with van der Waals surface area (Å²) in [4.78, 5) is 26.1. The molecule has 5 unspecified atom stereocenters. The molecule has 0 heterocycles. The zero-order valence-corrected chi connectivity index (χ0v) is 40.3. The molecule has 0 saturated heterocycles. The van der Waals surface area contributed by atoms with E-state index < -0.39 is 11.5 Å². The van der Waals surface area contributed by atoms with Gasteiger partial charge in [0.2, 0.25) is 0 Å². The Kier molecular flexibility index (Phi) is 26.6. The van der Waals surface area contributed by atoms with Crippen LogP contribution in [0.5, 0.6) is 0 Å². The number of allylic oxidation sites excluding steroid dienone is 9. The first kappa shape index (κ1) is 52.9. The molecule has 3 aliphatic rings. The van der Waals surface area contributed by atoms with Crippen molar-refractivity contribution in [1.82, 2.24) is 0 Å². The first-order valence-electron chi connectivity index (χ1n) is 25.9. The van der Waals surface area contributed by atoms with Crippen molar-refractivity contribution in [2.45, 2.75) is 240 Å². The van der Waals surface area contributed by atoms with Gasteiger partial charge in [-0.3, -0.25) is 9.59 Å². The molecule has 0 amide bonds. The minimum absolute atomic E-state index is 0.0529. The maximum atomic E-state index is 13.2. The van der Waals surface area contributed by atoms with Crippen molar-refractivity contribution >= 4 is 11.9 Å². The van der Waals surface area contributed by atoms with Crippen LogP contribution in [0.25, 0.3) is 0 Å². The van der Waals surface area contributed by atoms with Crippen LogP contribution in [0.15, 0.2) is 60.3 Å². The van der Waals surface area contributed by atoms with Crippen LogP contribution in [0.4, 0.5) is 0 Å². The predicted molar refractivity (Wildman–Crippen MR) is 258 cm³/mol. The highest BCUT2D eigenvalue weighted by atomic mass is 16.5. The van der Waals surface area contributed by atoms with Gasteiger partial charge in [0.25, 0.3) is 0 Å². The predicted octanol–water partition coefficient (Wildman–Crippen LogP) is 16.0. The summed E-state index contributed by atoms with van der Waals surface area (Å²) in [6.45, 7) is 12.4. The number of aliphatic hydroxyl groups excluding tert-OH is 1. The van der Waals surface area contributed by atoms with Gasteiger partial charge in [-0.05, 0) is 144 Å². The third-order valence-corrected chi connectivity index (χ3v) is 15.0. The van der Waals surface area contributed by atoms with Crippen molar-refractivity contribution in [2.24, 2.45) is 28.1 Å². The summed E-state index contributed by atoms with van der Waals surface area (Å²) in [5, 5.41) is 12.2. The number of fused-ring (bicyclic) bond motifs is 3. The number of unbranched alkanes of at least 4 members (excludes halogenated alkanes) is 16. The van der Waals surface area contributed by atoms with Gasteiger partial charge in [-0.15, -0.1) is 0 Å². The number of aliphatic hydroxyl groups is 1. The maximum absolute atomic E-state index is 13.2. The first-order chi connectivity index (χ1) is 29.6. The fourth-order valence-electron chi connectivity index (χ4n) is 11.4. The number of esters is 2. The highest BCUT2D eigenvalue weighted by Crippen LogP contribution is 2.66. The third-order valence-electron chi connectivity index (χ3n) is 15.0. The van der Waals surface area contributed by atoms with Crippen LogP contribution < -0.4 is 0 Å². The quantitative estimate of drug-likeness (QED) is 0.0415. The Morgan fingerprint density at radius 1 is 0.623 bits per heavy atom. The molecule has 1 N–H and O–H groups in total. The molecule has 0 aliphatic heterocycles. The van der Waals surface area contributed by atoms with Gasteiger partial charge >= 0.3 is 11.9 Å². The Morgan fingerprint density at radius 2 is 1.11 bits per heavy atom. The molecule has 0 aromatic carbocycles. The smallest absolute Gasteiger partial charge is 0.306 e. The summed E-state index contributed by atoms with van der Waals surface area (Å²) in [6.07, 6.45) is 53.2. The van der Waals surface area contributed by atoms with Gasteiger partial charge in [-0.25, -0.2) is 0 Å². The minimum Gasteiger partial charge on any atom is -0.465 e. The van der Waals surface area contributed by atoms with Gasteiger partial charge in [0.1, 0.15) is 6.61 Å². The molecule has 0 spiro atoms. The van der Waals surface area contributed by atoms with E-state index in [0.29, 0.717) is 25.2 Å². The van der Waals surface area contributed by atoms with E-state index in [9.17, 15) is 14.7 Å². The van der Waals surface area contributed by atoms with Gasteiger partial charge in [-0.2, -0.15) is 0 Å². The Bertz CT molecular complexity index is 1350. The molecule has 3 rings (SSSR count). The molecular weight excluding hydrogens is 753 g/mol. The molecule has 0 aromatic rings. The van der Waals surface area contributed by atoms with E-state index in [0.717, 1.165) is 95.5 Å². The molecule has 5 nitrogen and oxygen atoms in total. The van der Waals surface area contributed by atoms with E-state index in [1.807, 2.05) is 0 Å². The Labute approximate surface area is 376 Å². The number of carbonyl (C=O) groups is 2. The summed E-state index contributed by atoms with van der Waals surface area (Å²) < 4.78 is 12.0.